The molecule has 0 unspecified atom stereocenters. The van der Waals surface area contributed by atoms with Crippen LogP contribution in [0.5, 0.6) is 0 Å². The molecule has 3 aromatic carbocycles. The molecule has 0 aliphatic heterocycles. The normalized spacial score (nSPS) is 11.0. The summed E-state index contributed by atoms with van der Waals surface area (Å²) in [5, 5.41) is 7.26. The van der Waals surface area contributed by atoms with E-state index in [0.29, 0.717) is 11.8 Å². The van der Waals surface area contributed by atoms with Gasteiger partial charge < -0.3 is 10.6 Å². The van der Waals surface area contributed by atoms with Gasteiger partial charge in [-0.2, -0.15) is 0 Å². The molecular weight excluding hydrogens is 316 g/mol. The van der Waals surface area contributed by atoms with E-state index in [0.717, 1.165) is 17.1 Å². The van der Waals surface area contributed by atoms with Crippen molar-refractivity contribution in [2.24, 2.45) is 0 Å². The zero-order chi connectivity index (χ0) is 18.5. The van der Waals surface area contributed by atoms with Crippen LogP contribution in [0.2, 0.25) is 0 Å². The van der Waals surface area contributed by atoms with Crippen molar-refractivity contribution in [2.45, 2.75) is 39.5 Å². The quantitative estimate of drug-likeness (QED) is 0.486. The van der Waals surface area contributed by atoms with Crippen molar-refractivity contribution in [3.63, 3.8) is 0 Å². The van der Waals surface area contributed by atoms with Crippen molar-refractivity contribution in [3.05, 3.63) is 83.9 Å². The van der Waals surface area contributed by atoms with Gasteiger partial charge in [-0.3, -0.25) is 0 Å². The third-order valence-corrected chi connectivity index (χ3v) is 4.61. The molecule has 0 bridgehead atoms. The number of hydrogen-bond donors (Lipinski definition) is 2. The molecule has 0 saturated heterocycles. The average Bonchev–Trinajstić information content (AvgIpc) is 2.64. The van der Waals surface area contributed by atoms with Gasteiger partial charge in [0, 0.05) is 11.4 Å². The van der Waals surface area contributed by atoms with Gasteiger partial charge in [0.25, 0.3) is 0 Å². The fraction of sp³-hybridized carbons (Fsp3) is 0.250. The Hall–Kier alpha value is -2.74. The molecule has 2 nitrogen and oxygen atoms in total. The van der Waals surface area contributed by atoms with E-state index in [4.69, 9.17) is 0 Å². The SMILES string of the molecule is CC(C)c1cccc(C(C)C)c1Nc1ccccc1Nc1ccccc1. The van der Waals surface area contributed by atoms with E-state index in [1.165, 1.54) is 16.8 Å². The molecule has 2 heteroatoms. The van der Waals surface area contributed by atoms with Crippen molar-refractivity contribution >= 4 is 22.7 Å². The van der Waals surface area contributed by atoms with Crippen molar-refractivity contribution in [2.75, 3.05) is 10.6 Å². The molecule has 0 amide bonds. The number of rotatable bonds is 6. The number of hydrogen-bond acceptors (Lipinski definition) is 2. The van der Waals surface area contributed by atoms with Crippen LogP contribution in [0, 0.1) is 0 Å². The highest BCUT2D eigenvalue weighted by molar-refractivity contribution is 5.80. The topological polar surface area (TPSA) is 24.1 Å². The van der Waals surface area contributed by atoms with Crippen LogP contribution in [-0.4, -0.2) is 0 Å². The Morgan fingerprint density at radius 2 is 1.04 bits per heavy atom. The van der Waals surface area contributed by atoms with E-state index in [1.807, 2.05) is 18.2 Å². The number of nitrogens with one attached hydrogen (secondary N) is 2. The van der Waals surface area contributed by atoms with Gasteiger partial charge in [0.2, 0.25) is 0 Å². The Kier molecular flexibility index (Phi) is 5.62. The zero-order valence-corrected chi connectivity index (χ0v) is 16.1. The number of anilines is 4. The third kappa shape index (κ3) is 4.08. The van der Waals surface area contributed by atoms with Crippen LogP contribution in [0.4, 0.5) is 22.7 Å². The molecule has 0 aliphatic rings. The first kappa shape index (κ1) is 18.1. The average molecular weight is 345 g/mol. The summed E-state index contributed by atoms with van der Waals surface area (Å²) in [6, 6.07) is 25.3. The van der Waals surface area contributed by atoms with E-state index < -0.39 is 0 Å². The first-order chi connectivity index (χ1) is 12.6. The second-order valence-corrected chi connectivity index (χ2v) is 7.28. The minimum absolute atomic E-state index is 0.463. The van der Waals surface area contributed by atoms with Gasteiger partial charge in [-0.15, -0.1) is 0 Å². The molecule has 0 aromatic heterocycles. The van der Waals surface area contributed by atoms with Crippen molar-refractivity contribution in [3.8, 4) is 0 Å². The lowest BCUT2D eigenvalue weighted by molar-refractivity contribution is 0.838. The number of benzene rings is 3. The largest absolute Gasteiger partial charge is 0.354 e. The fourth-order valence-corrected chi connectivity index (χ4v) is 3.21. The molecule has 3 aromatic rings. The van der Waals surface area contributed by atoms with Crippen LogP contribution in [0.25, 0.3) is 0 Å². The van der Waals surface area contributed by atoms with E-state index in [1.54, 1.807) is 0 Å². The maximum Gasteiger partial charge on any atom is 0.0623 e. The minimum atomic E-state index is 0.463. The summed E-state index contributed by atoms with van der Waals surface area (Å²) in [6.07, 6.45) is 0. The Morgan fingerprint density at radius 3 is 1.58 bits per heavy atom. The summed E-state index contributed by atoms with van der Waals surface area (Å²) >= 11 is 0. The zero-order valence-electron chi connectivity index (χ0n) is 16.1. The van der Waals surface area contributed by atoms with Crippen molar-refractivity contribution in [1.82, 2.24) is 0 Å². The van der Waals surface area contributed by atoms with Crippen LogP contribution in [0.1, 0.15) is 50.7 Å². The summed E-state index contributed by atoms with van der Waals surface area (Å²) in [4.78, 5) is 0. The standard InChI is InChI=1S/C24H28N2/c1-17(2)20-13-10-14-21(18(3)4)24(20)26-23-16-9-8-15-22(23)25-19-11-6-5-7-12-19/h5-18,25-26H,1-4H3. The van der Waals surface area contributed by atoms with Gasteiger partial charge in [0.15, 0.2) is 0 Å². The third-order valence-electron chi connectivity index (χ3n) is 4.61. The Bertz CT molecular complexity index is 825. The van der Waals surface area contributed by atoms with E-state index in [9.17, 15) is 0 Å². The molecule has 134 valence electrons. The van der Waals surface area contributed by atoms with Gasteiger partial charge in [-0.05, 0) is 47.2 Å². The Labute approximate surface area is 157 Å². The highest BCUT2D eigenvalue weighted by atomic mass is 15.0. The molecular formula is C24H28N2. The predicted octanol–water partition coefficient (Wildman–Crippen LogP) is 7.42. The highest BCUT2D eigenvalue weighted by Gasteiger charge is 2.15. The van der Waals surface area contributed by atoms with Gasteiger partial charge in [0.1, 0.15) is 0 Å². The van der Waals surface area contributed by atoms with Gasteiger partial charge in [0.05, 0.1) is 11.4 Å². The van der Waals surface area contributed by atoms with Gasteiger partial charge >= 0.3 is 0 Å². The molecule has 0 fully saturated rings. The van der Waals surface area contributed by atoms with Crippen LogP contribution >= 0.6 is 0 Å². The summed E-state index contributed by atoms with van der Waals surface area (Å²) in [5.41, 5.74) is 7.19. The lowest BCUT2D eigenvalue weighted by atomic mass is 9.92. The smallest absolute Gasteiger partial charge is 0.0623 e. The lowest BCUT2D eigenvalue weighted by Crippen LogP contribution is -2.05. The molecule has 0 saturated carbocycles. The van der Waals surface area contributed by atoms with Crippen LogP contribution < -0.4 is 10.6 Å². The summed E-state index contributed by atoms with van der Waals surface area (Å²) in [6.45, 7) is 9.00. The minimum Gasteiger partial charge on any atom is -0.354 e. The molecule has 2 N–H and O–H groups in total. The van der Waals surface area contributed by atoms with Gasteiger partial charge in [-0.25, -0.2) is 0 Å². The molecule has 3 rings (SSSR count). The molecule has 0 radical (unpaired) electrons. The summed E-state index contributed by atoms with van der Waals surface area (Å²) in [7, 11) is 0. The molecule has 0 aliphatic carbocycles. The van der Waals surface area contributed by atoms with E-state index in [-0.39, 0.29) is 0 Å². The van der Waals surface area contributed by atoms with Crippen molar-refractivity contribution in [1.29, 1.82) is 0 Å². The first-order valence-corrected chi connectivity index (χ1v) is 9.37. The maximum absolute atomic E-state index is 3.73. The van der Waals surface area contributed by atoms with E-state index >= 15 is 0 Å². The second kappa shape index (κ2) is 8.09. The van der Waals surface area contributed by atoms with E-state index in [2.05, 4.69) is 92.9 Å². The molecule has 0 atom stereocenters. The predicted molar refractivity (Wildman–Crippen MR) is 114 cm³/mol. The Balaban J connectivity index is 2.00. The van der Waals surface area contributed by atoms with Gasteiger partial charge in [-0.1, -0.05) is 76.2 Å². The highest BCUT2D eigenvalue weighted by Crippen LogP contribution is 2.36. The first-order valence-electron chi connectivity index (χ1n) is 9.37. The fourth-order valence-electron chi connectivity index (χ4n) is 3.21. The lowest BCUT2D eigenvalue weighted by Gasteiger charge is -2.22. The second-order valence-electron chi connectivity index (χ2n) is 7.28. The summed E-state index contributed by atoms with van der Waals surface area (Å²) < 4.78 is 0. The van der Waals surface area contributed by atoms with Crippen LogP contribution in [-0.2, 0) is 0 Å². The Morgan fingerprint density at radius 1 is 0.538 bits per heavy atom. The number of para-hydroxylation sites is 4. The molecule has 0 heterocycles. The van der Waals surface area contributed by atoms with Crippen molar-refractivity contribution < 1.29 is 0 Å². The molecule has 26 heavy (non-hydrogen) atoms. The molecule has 0 spiro atoms. The van der Waals surface area contributed by atoms with Crippen LogP contribution in [0.15, 0.2) is 72.8 Å². The maximum atomic E-state index is 3.73. The van der Waals surface area contributed by atoms with Crippen LogP contribution in [0.3, 0.4) is 0 Å². The summed E-state index contributed by atoms with van der Waals surface area (Å²) in [5.74, 6) is 0.927. The monoisotopic (exact) mass is 344 g/mol.